The Bertz CT molecular complexity index is 145. The molecule has 0 aromatic rings. The topological polar surface area (TPSA) is 57.2 Å². The van der Waals surface area contributed by atoms with E-state index in [-0.39, 0.29) is 11.7 Å². The number of hydrogen-bond donors (Lipinski definition) is 0. The van der Waals surface area contributed by atoms with Crippen LogP contribution in [0.3, 0.4) is 0 Å². The van der Waals surface area contributed by atoms with Gasteiger partial charge in [0.15, 0.2) is 0 Å². The first-order chi connectivity index (χ1) is 3.42. The van der Waals surface area contributed by atoms with Gasteiger partial charge in [0.25, 0.3) is 0 Å². The molecule has 0 aliphatic carbocycles. The van der Waals surface area contributed by atoms with Gasteiger partial charge >= 0.3 is 0 Å². The monoisotopic (exact) mass is 137 g/mol. The molecular formula is C4H9O3S-. The van der Waals surface area contributed by atoms with Crippen LogP contribution in [0.4, 0.5) is 0 Å². The average Bonchev–Trinajstić information content (AvgIpc) is 1.21. The Morgan fingerprint density at radius 1 is 1.50 bits per heavy atom. The van der Waals surface area contributed by atoms with Gasteiger partial charge in [0.1, 0.15) is 0 Å². The molecule has 0 saturated carbocycles. The molecule has 0 bridgehead atoms. The summed E-state index contributed by atoms with van der Waals surface area (Å²) in [6.45, 7) is 3.38. The van der Waals surface area contributed by atoms with Gasteiger partial charge in [0.2, 0.25) is 0 Å². The van der Waals surface area contributed by atoms with Crippen molar-refractivity contribution in [2.75, 3.05) is 5.75 Å². The van der Waals surface area contributed by atoms with Crippen LogP contribution in [0, 0.1) is 5.92 Å². The molecule has 0 fully saturated rings. The van der Waals surface area contributed by atoms with E-state index < -0.39 is 10.1 Å². The van der Waals surface area contributed by atoms with Crippen LogP contribution >= 0.6 is 0 Å². The van der Waals surface area contributed by atoms with Gasteiger partial charge in [-0.25, -0.2) is 8.42 Å². The molecule has 3 nitrogen and oxygen atoms in total. The summed E-state index contributed by atoms with van der Waals surface area (Å²) in [6, 6.07) is 0. The van der Waals surface area contributed by atoms with Gasteiger partial charge in [0.05, 0.1) is 10.1 Å². The Hall–Kier alpha value is -0.0900. The third-order valence-electron chi connectivity index (χ3n) is 0.537. The lowest BCUT2D eigenvalue weighted by Crippen LogP contribution is -2.09. The molecule has 0 aromatic heterocycles. The zero-order valence-electron chi connectivity index (χ0n) is 4.92. The highest BCUT2D eigenvalue weighted by atomic mass is 32.2. The zero-order valence-corrected chi connectivity index (χ0v) is 5.73. The van der Waals surface area contributed by atoms with Gasteiger partial charge in [-0.2, -0.15) is 0 Å². The average molecular weight is 137 g/mol. The molecule has 0 N–H and O–H groups in total. The SMILES string of the molecule is CC(C)CS(=O)(=O)[O-]. The van der Waals surface area contributed by atoms with E-state index in [1.54, 1.807) is 13.8 Å². The fraction of sp³-hybridized carbons (Fsp3) is 1.00. The molecule has 8 heavy (non-hydrogen) atoms. The summed E-state index contributed by atoms with van der Waals surface area (Å²) in [6.07, 6.45) is 0. The summed E-state index contributed by atoms with van der Waals surface area (Å²) in [4.78, 5) is 0. The fourth-order valence-corrected chi connectivity index (χ4v) is 1.22. The van der Waals surface area contributed by atoms with Crippen molar-refractivity contribution in [1.82, 2.24) is 0 Å². The molecule has 0 spiro atoms. The van der Waals surface area contributed by atoms with Crippen LogP contribution in [-0.4, -0.2) is 18.7 Å². The Labute approximate surface area is 49.5 Å². The van der Waals surface area contributed by atoms with Gasteiger partial charge in [-0.1, -0.05) is 13.8 Å². The lowest BCUT2D eigenvalue weighted by Gasteiger charge is -2.07. The largest absolute Gasteiger partial charge is 0.748 e. The van der Waals surface area contributed by atoms with Gasteiger partial charge in [-0.15, -0.1) is 0 Å². The molecule has 50 valence electrons. The van der Waals surface area contributed by atoms with Crippen molar-refractivity contribution >= 4 is 10.1 Å². The van der Waals surface area contributed by atoms with E-state index in [9.17, 15) is 13.0 Å². The minimum absolute atomic E-state index is 0.0579. The lowest BCUT2D eigenvalue weighted by atomic mass is 10.3. The van der Waals surface area contributed by atoms with Crippen molar-refractivity contribution in [3.63, 3.8) is 0 Å². The maximum Gasteiger partial charge on any atom is 0.0948 e. The van der Waals surface area contributed by atoms with E-state index in [1.165, 1.54) is 0 Å². The van der Waals surface area contributed by atoms with Crippen molar-refractivity contribution in [3.05, 3.63) is 0 Å². The van der Waals surface area contributed by atoms with Gasteiger partial charge < -0.3 is 4.55 Å². The van der Waals surface area contributed by atoms with Crippen LogP contribution in [0.1, 0.15) is 13.8 Å². The van der Waals surface area contributed by atoms with E-state index >= 15 is 0 Å². The van der Waals surface area contributed by atoms with Gasteiger partial charge in [-0.05, 0) is 5.92 Å². The van der Waals surface area contributed by atoms with Crippen LogP contribution in [0.15, 0.2) is 0 Å². The highest BCUT2D eigenvalue weighted by Gasteiger charge is 1.97. The Kier molecular flexibility index (Phi) is 2.43. The minimum atomic E-state index is -3.97. The third kappa shape index (κ3) is 5.91. The van der Waals surface area contributed by atoms with E-state index in [0.29, 0.717) is 0 Å². The van der Waals surface area contributed by atoms with Crippen LogP contribution in [0.2, 0.25) is 0 Å². The molecule has 0 rings (SSSR count). The molecule has 0 aliphatic rings. The lowest BCUT2D eigenvalue weighted by molar-refractivity contribution is 0.454. The maximum absolute atomic E-state index is 9.89. The first-order valence-corrected chi connectivity index (χ1v) is 3.93. The van der Waals surface area contributed by atoms with Crippen molar-refractivity contribution in [2.45, 2.75) is 13.8 Å². The maximum atomic E-state index is 9.89. The molecule has 0 unspecified atom stereocenters. The zero-order chi connectivity index (χ0) is 6.78. The number of hydrogen-bond acceptors (Lipinski definition) is 3. The van der Waals surface area contributed by atoms with E-state index in [1.807, 2.05) is 0 Å². The molecule has 0 aromatic carbocycles. The predicted molar refractivity (Wildman–Crippen MR) is 29.4 cm³/mol. The summed E-state index contributed by atoms with van der Waals surface area (Å²) in [5.74, 6) is -0.315. The fourth-order valence-electron chi connectivity index (χ4n) is 0.408. The second kappa shape index (κ2) is 2.46. The smallest absolute Gasteiger partial charge is 0.0948 e. The van der Waals surface area contributed by atoms with Crippen LogP contribution < -0.4 is 0 Å². The van der Waals surface area contributed by atoms with Crippen molar-refractivity contribution < 1.29 is 13.0 Å². The Morgan fingerprint density at radius 3 is 1.88 bits per heavy atom. The van der Waals surface area contributed by atoms with E-state index in [0.717, 1.165) is 0 Å². The second-order valence-electron chi connectivity index (χ2n) is 2.12. The predicted octanol–water partition coefficient (Wildman–Crippen LogP) is 0.188. The molecule has 0 amide bonds. The Morgan fingerprint density at radius 2 is 1.88 bits per heavy atom. The first kappa shape index (κ1) is 7.91. The molecule has 0 aliphatic heterocycles. The van der Waals surface area contributed by atoms with Crippen molar-refractivity contribution in [1.29, 1.82) is 0 Å². The summed E-state index contributed by atoms with van der Waals surface area (Å²) in [5, 5.41) is 0. The third-order valence-corrected chi connectivity index (χ3v) is 1.61. The number of rotatable bonds is 2. The van der Waals surface area contributed by atoms with Crippen LogP contribution in [0.5, 0.6) is 0 Å². The van der Waals surface area contributed by atoms with Crippen molar-refractivity contribution in [3.8, 4) is 0 Å². The highest BCUT2D eigenvalue weighted by molar-refractivity contribution is 7.85. The first-order valence-electron chi connectivity index (χ1n) is 2.35. The minimum Gasteiger partial charge on any atom is -0.748 e. The van der Waals surface area contributed by atoms with Gasteiger partial charge in [0, 0.05) is 5.75 Å². The highest BCUT2D eigenvalue weighted by Crippen LogP contribution is 1.95. The summed E-state index contributed by atoms with van der Waals surface area (Å²) < 4.78 is 29.7. The second-order valence-corrected chi connectivity index (χ2v) is 3.57. The quantitative estimate of drug-likeness (QED) is 0.510. The summed E-state index contributed by atoms with van der Waals surface area (Å²) in [5.41, 5.74) is 0. The molecular weight excluding hydrogens is 128 g/mol. The van der Waals surface area contributed by atoms with Crippen LogP contribution in [-0.2, 0) is 10.1 Å². The van der Waals surface area contributed by atoms with E-state index in [2.05, 4.69) is 0 Å². The normalized spacial score (nSPS) is 12.5. The summed E-state index contributed by atoms with van der Waals surface area (Å²) >= 11 is 0. The standard InChI is InChI=1S/C4H10O3S/c1-4(2)3-8(5,6)7/h4H,3H2,1-2H3,(H,5,6,7)/p-1. The van der Waals surface area contributed by atoms with Crippen molar-refractivity contribution in [2.24, 2.45) is 5.92 Å². The van der Waals surface area contributed by atoms with Gasteiger partial charge in [-0.3, -0.25) is 0 Å². The molecule has 0 atom stereocenters. The van der Waals surface area contributed by atoms with Crippen LogP contribution in [0.25, 0.3) is 0 Å². The molecule has 4 heteroatoms. The molecule has 0 radical (unpaired) electrons. The van der Waals surface area contributed by atoms with E-state index in [4.69, 9.17) is 0 Å². The molecule has 0 saturated heterocycles. The summed E-state index contributed by atoms with van der Waals surface area (Å²) in [7, 11) is -3.97. The molecule has 0 heterocycles. The Balaban J connectivity index is 3.75.